The molecule has 0 atom stereocenters. The third-order valence-corrected chi connectivity index (χ3v) is 4.28. The molecule has 3 rings (SSSR count). The molecular formula is C14H15N3O4S2. The first-order valence-corrected chi connectivity index (χ1v) is 9.26. The van der Waals surface area contributed by atoms with E-state index in [9.17, 15) is 4.79 Å². The fourth-order valence-corrected chi connectivity index (χ4v) is 2.99. The summed E-state index contributed by atoms with van der Waals surface area (Å²) >= 11 is 2.99. The maximum Gasteiger partial charge on any atom is 0.276 e. The highest BCUT2D eigenvalue weighted by Gasteiger charge is 2.14. The number of aromatic nitrogens is 2. The van der Waals surface area contributed by atoms with Crippen LogP contribution >= 0.6 is 23.5 Å². The van der Waals surface area contributed by atoms with Crippen molar-refractivity contribution < 1.29 is 18.7 Å². The molecule has 0 saturated carbocycles. The number of ether oxygens (including phenoxy) is 2. The Morgan fingerprint density at radius 1 is 1.30 bits per heavy atom. The normalized spacial score (nSPS) is 12.4. The van der Waals surface area contributed by atoms with Crippen molar-refractivity contribution in [1.82, 2.24) is 10.2 Å². The van der Waals surface area contributed by atoms with Crippen molar-refractivity contribution in [3.05, 3.63) is 24.1 Å². The number of amides is 1. The van der Waals surface area contributed by atoms with Gasteiger partial charge in [-0.1, -0.05) is 11.8 Å². The summed E-state index contributed by atoms with van der Waals surface area (Å²) in [5.74, 6) is 3.11. The quantitative estimate of drug-likeness (QED) is 0.761. The Morgan fingerprint density at radius 3 is 3.04 bits per heavy atom. The van der Waals surface area contributed by atoms with Crippen LogP contribution in [0.4, 0.5) is 5.69 Å². The van der Waals surface area contributed by atoms with E-state index in [1.165, 1.54) is 11.8 Å². The molecule has 0 spiro atoms. The Hall–Kier alpha value is -1.87. The van der Waals surface area contributed by atoms with Gasteiger partial charge in [0.25, 0.3) is 5.22 Å². The van der Waals surface area contributed by atoms with E-state index in [0.717, 1.165) is 0 Å². The van der Waals surface area contributed by atoms with Crippen molar-refractivity contribution in [2.45, 2.75) is 17.4 Å². The molecule has 0 fully saturated rings. The Bertz CT molecular complexity index is 692. The minimum Gasteiger partial charge on any atom is -0.454 e. The first-order chi connectivity index (χ1) is 11.2. The monoisotopic (exact) mass is 353 g/mol. The number of rotatable bonds is 7. The summed E-state index contributed by atoms with van der Waals surface area (Å²) < 4.78 is 15.9. The Labute approximate surface area is 141 Å². The number of thioether (sulfide) groups is 2. The van der Waals surface area contributed by atoms with Crippen LogP contribution in [0.2, 0.25) is 0 Å². The number of anilines is 1. The van der Waals surface area contributed by atoms with Gasteiger partial charge in [-0.05, 0) is 18.4 Å². The third-order valence-electron chi connectivity index (χ3n) is 2.93. The molecule has 9 heteroatoms. The molecule has 0 saturated heterocycles. The molecule has 2 heterocycles. The van der Waals surface area contributed by atoms with Crippen LogP contribution in [0.25, 0.3) is 0 Å². The predicted octanol–water partition coefficient (Wildman–Crippen LogP) is 2.78. The molecule has 1 aliphatic rings. The van der Waals surface area contributed by atoms with Gasteiger partial charge in [-0.25, -0.2) is 0 Å². The summed E-state index contributed by atoms with van der Waals surface area (Å²) in [6.45, 7) is 0.214. The van der Waals surface area contributed by atoms with Crippen molar-refractivity contribution in [3.63, 3.8) is 0 Å². The Kier molecular flexibility index (Phi) is 5.29. The fourth-order valence-electron chi connectivity index (χ4n) is 1.91. The van der Waals surface area contributed by atoms with Crippen molar-refractivity contribution in [1.29, 1.82) is 0 Å². The van der Waals surface area contributed by atoms with Crippen LogP contribution in [0.5, 0.6) is 11.5 Å². The summed E-state index contributed by atoms with van der Waals surface area (Å²) in [5, 5.41) is 11.2. The second-order valence-electron chi connectivity index (χ2n) is 4.61. The molecule has 1 N–H and O–H groups in total. The van der Waals surface area contributed by atoms with Gasteiger partial charge in [0.2, 0.25) is 18.6 Å². The van der Waals surface area contributed by atoms with Crippen molar-refractivity contribution >= 4 is 35.1 Å². The van der Waals surface area contributed by atoms with Crippen LogP contribution in [-0.2, 0) is 10.5 Å². The molecule has 1 aliphatic heterocycles. The Balaban J connectivity index is 1.44. The molecule has 2 aromatic rings. The second-order valence-corrected chi connectivity index (χ2v) is 6.52. The molecule has 0 radical (unpaired) electrons. The first kappa shape index (κ1) is 16.0. The van der Waals surface area contributed by atoms with Gasteiger partial charge in [0.05, 0.1) is 5.75 Å². The number of carbonyl (C=O) groups is 1. The highest BCUT2D eigenvalue weighted by molar-refractivity contribution is 7.99. The molecule has 0 aliphatic carbocycles. The van der Waals surface area contributed by atoms with E-state index in [1.807, 2.05) is 6.26 Å². The minimum atomic E-state index is -0.0831. The number of nitrogens with zero attached hydrogens (tertiary/aromatic N) is 2. The van der Waals surface area contributed by atoms with E-state index in [2.05, 4.69) is 15.5 Å². The number of hydrogen-bond donors (Lipinski definition) is 1. The lowest BCUT2D eigenvalue weighted by Gasteiger charge is -2.05. The molecule has 122 valence electrons. The summed E-state index contributed by atoms with van der Waals surface area (Å²) in [6.07, 6.45) is 2.32. The molecule has 1 amide bonds. The minimum absolute atomic E-state index is 0.0831. The summed E-state index contributed by atoms with van der Waals surface area (Å²) in [4.78, 5) is 11.9. The largest absolute Gasteiger partial charge is 0.454 e. The standard InChI is InChI=1S/C14H15N3O4S2/c1-22-7-13-16-17-14(21-13)23-5-4-12(18)15-9-2-3-10-11(6-9)20-8-19-10/h2-3,6H,4-5,7-8H2,1H3,(H,15,18). The molecule has 1 aromatic heterocycles. The van der Waals surface area contributed by atoms with Gasteiger partial charge >= 0.3 is 0 Å². The van der Waals surface area contributed by atoms with Crippen LogP contribution in [0.15, 0.2) is 27.8 Å². The van der Waals surface area contributed by atoms with Gasteiger partial charge in [0.15, 0.2) is 11.5 Å². The molecule has 0 unspecified atom stereocenters. The van der Waals surface area contributed by atoms with E-state index in [0.29, 0.717) is 46.2 Å². The van der Waals surface area contributed by atoms with Gasteiger partial charge < -0.3 is 19.2 Å². The SMILES string of the molecule is CSCc1nnc(SCCC(=O)Nc2ccc3c(c2)OCO3)o1. The Morgan fingerprint density at radius 2 is 2.17 bits per heavy atom. The van der Waals surface area contributed by atoms with Gasteiger partial charge in [0, 0.05) is 23.9 Å². The lowest BCUT2D eigenvalue weighted by Crippen LogP contribution is -2.12. The van der Waals surface area contributed by atoms with Crippen LogP contribution in [0.1, 0.15) is 12.3 Å². The zero-order valence-corrected chi connectivity index (χ0v) is 14.0. The predicted molar refractivity (Wildman–Crippen MR) is 88.1 cm³/mol. The molecule has 1 aromatic carbocycles. The number of nitrogens with one attached hydrogen (secondary N) is 1. The van der Waals surface area contributed by atoms with Crippen LogP contribution in [-0.4, -0.2) is 34.9 Å². The smallest absolute Gasteiger partial charge is 0.276 e. The van der Waals surface area contributed by atoms with Gasteiger partial charge in [-0.3, -0.25) is 4.79 Å². The summed E-state index contributed by atoms with van der Waals surface area (Å²) in [5.41, 5.74) is 0.685. The topological polar surface area (TPSA) is 86.5 Å². The van der Waals surface area contributed by atoms with Crippen molar-refractivity contribution in [2.24, 2.45) is 0 Å². The van der Waals surface area contributed by atoms with E-state index in [4.69, 9.17) is 13.9 Å². The zero-order valence-electron chi connectivity index (χ0n) is 12.4. The summed E-state index contributed by atoms with van der Waals surface area (Å²) in [7, 11) is 0. The molecule has 0 bridgehead atoms. The van der Waals surface area contributed by atoms with Crippen LogP contribution in [0.3, 0.4) is 0 Å². The molecule has 7 nitrogen and oxygen atoms in total. The van der Waals surface area contributed by atoms with Gasteiger partial charge in [-0.15, -0.1) is 10.2 Å². The second kappa shape index (κ2) is 7.60. The molecular weight excluding hydrogens is 338 g/mol. The zero-order chi connectivity index (χ0) is 16.1. The first-order valence-electron chi connectivity index (χ1n) is 6.88. The maximum atomic E-state index is 11.9. The van der Waals surface area contributed by atoms with Gasteiger partial charge in [-0.2, -0.15) is 11.8 Å². The number of fused-ring (bicyclic) bond motifs is 1. The van der Waals surface area contributed by atoms with Crippen molar-refractivity contribution in [2.75, 3.05) is 24.1 Å². The van der Waals surface area contributed by atoms with Crippen LogP contribution in [0, 0.1) is 0 Å². The fraction of sp³-hybridized carbons (Fsp3) is 0.357. The van der Waals surface area contributed by atoms with Crippen LogP contribution < -0.4 is 14.8 Å². The lowest BCUT2D eigenvalue weighted by molar-refractivity contribution is -0.115. The van der Waals surface area contributed by atoms with E-state index in [1.54, 1.807) is 30.0 Å². The summed E-state index contributed by atoms with van der Waals surface area (Å²) in [6, 6.07) is 5.31. The average Bonchev–Trinajstić information content (AvgIpc) is 3.16. The van der Waals surface area contributed by atoms with Crippen molar-refractivity contribution in [3.8, 4) is 11.5 Å². The van der Waals surface area contributed by atoms with E-state index in [-0.39, 0.29) is 12.7 Å². The highest BCUT2D eigenvalue weighted by atomic mass is 32.2. The number of carbonyl (C=O) groups excluding carboxylic acids is 1. The molecule has 23 heavy (non-hydrogen) atoms. The average molecular weight is 353 g/mol. The lowest BCUT2D eigenvalue weighted by atomic mass is 10.2. The highest BCUT2D eigenvalue weighted by Crippen LogP contribution is 2.34. The maximum absolute atomic E-state index is 11.9. The van der Waals surface area contributed by atoms with E-state index >= 15 is 0 Å². The third kappa shape index (κ3) is 4.32. The number of benzene rings is 1. The van der Waals surface area contributed by atoms with E-state index < -0.39 is 0 Å². The number of hydrogen-bond acceptors (Lipinski definition) is 8. The van der Waals surface area contributed by atoms with Gasteiger partial charge in [0.1, 0.15) is 0 Å².